The van der Waals surface area contributed by atoms with Crippen molar-refractivity contribution in [3.05, 3.63) is 0 Å². The average Bonchev–Trinajstić information content (AvgIpc) is 1.82. The molecule has 12 heavy (non-hydrogen) atoms. The Morgan fingerprint density at radius 2 is 2.25 bits per heavy atom. The van der Waals surface area contributed by atoms with E-state index in [0.29, 0.717) is 0 Å². The van der Waals surface area contributed by atoms with E-state index in [0.717, 1.165) is 13.0 Å². The number of rotatable bonds is 1. The second-order valence-electron chi connectivity index (χ2n) is 3.59. The Kier molecular flexibility index (Phi) is 2.57. The summed E-state index contributed by atoms with van der Waals surface area (Å²) < 4.78 is 0. The molecular formula is C8H17N3O. The molecule has 1 rings (SSSR count). The quantitative estimate of drug-likeness (QED) is 0.608. The van der Waals surface area contributed by atoms with Crippen LogP contribution in [0.4, 0.5) is 4.79 Å². The third kappa shape index (κ3) is 1.53. The van der Waals surface area contributed by atoms with E-state index in [2.05, 4.69) is 0 Å². The highest BCUT2D eigenvalue weighted by atomic mass is 16.2. The number of hydrogen-bond donors (Lipinski definition) is 1. The minimum absolute atomic E-state index is 0.0727. The van der Waals surface area contributed by atoms with Gasteiger partial charge in [-0.25, -0.2) is 4.79 Å². The Morgan fingerprint density at radius 3 is 2.50 bits per heavy atom. The molecule has 2 amide bonds. The molecule has 2 unspecified atom stereocenters. The van der Waals surface area contributed by atoms with Gasteiger partial charge in [0, 0.05) is 32.7 Å². The molecule has 0 radical (unpaired) electrons. The maximum Gasteiger partial charge on any atom is 0.319 e. The number of amides is 2. The van der Waals surface area contributed by atoms with Crippen LogP contribution in [-0.4, -0.2) is 48.6 Å². The molecule has 0 aromatic heterocycles. The fourth-order valence-electron chi connectivity index (χ4n) is 1.45. The molecular weight excluding hydrogens is 154 g/mol. The van der Waals surface area contributed by atoms with Gasteiger partial charge in [-0.3, -0.25) is 0 Å². The van der Waals surface area contributed by atoms with Crippen LogP contribution in [0.2, 0.25) is 0 Å². The van der Waals surface area contributed by atoms with Gasteiger partial charge in [0.1, 0.15) is 0 Å². The van der Waals surface area contributed by atoms with E-state index in [1.54, 1.807) is 19.0 Å². The Balaban J connectivity index is 2.49. The third-order valence-electron chi connectivity index (χ3n) is 2.30. The average molecular weight is 171 g/mol. The smallest absolute Gasteiger partial charge is 0.319 e. The minimum atomic E-state index is 0.0727. The highest BCUT2D eigenvalue weighted by Gasteiger charge is 2.35. The molecule has 4 heteroatoms. The fourth-order valence-corrected chi connectivity index (χ4v) is 1.45. The van der Waals surface area contributed by atoms with E-state index in [1.165, 1.54) is 0 Å². The van der Waals surface area contributed by atoms with Crippen LogP contribution in [0.15, 0.2) is 0 Å². The van der Waals surface area contributed by atoms with Gasteiger partial charge in [0.15, 0.2) is 0 Å². The molecule has 1 saturated heterocycles. The summed E-state index contributed by atoms with van der Waals surface area (Å²) in [5.41, 5.74) is 5.71. The molecule has 1 fully saturated rings. The number of nitrogens with zero attached hydrogens (tertiary/aromatic N) is 2. The van der Waals surface area contributed by atoms with E-state index in [1.807, 2.05) is 11.8 Å². The summed E-state index contributed by atoms with van der Waals surface area (Å²) in [6.45, 7) is 2.79. The number of likely N-dealkylation sites (tertiary alicyclic amines) is 1. The predicted molar refractivity (Wildman–Crippen MR) is 47.8 cm³/mol. The topological polar surface area (TPSA) is 49.6 Å². The monoisotopic (exact) mass is 171 g/mol. The maximum atomic E-state index is 11.4. The lowest BCUT2D eigenvalue weighted by Crippen LogP contribution is -2.60. The van der Waals surface area contributed by atoms with E-state index >= 15 is 0 Å². The normalized spacial score (nSPS) is 24.7. The van der Waals surface area contributed by atoms with Crippen LogP contribution in [0, 0.1) is 0 Å². The van der Waals surface area contributed by atoms with E-state index in [9.17, 15) is 4.79 Å². The third-order valence-corrected chi connectivity index (χ3v) is 2.30. The fraction of sp³-hybridized carbons (Fsp3) is 0.875. The maximum absolute atomic E-state index is 11.4. The zero-order chi connectivity index (χ0) is 9.30. The SMILES string of the molecule is CC(N)C1CCN1C(=O)N(C)C. The van der Waals surface area contributed by atoms with E-state index in [4.69, 9.17) is 5.73 Å². The molecule has 0 aliphatic carbocycles. The molecule has 0 spiro atoms. The lowest BCUT2D eigenvalue weighted by molar-refractivity contribution is 0.0843. The Morgan fingerprint density at radius 1 is 1.67 bits per heavy atom. The van der Waals surface area contributed by atoms with Gasteiger partial charge in [-0.05, 0) is 13.3 Å². The zero-order valence-electron chi connectivity index (χ0n) is 7.95. The number of carbonyl (C=O) groups excluding carboxylic acids is 1. The van der Waals surface area contributed by atoms with Crippen molar-refractivity contribution in [1.29, 1.82) is 0 Å². The van der Waals surface area contributed by atoms with E-state index in [-0.39, 0.29) is 18.1 Å². The molecule has 2 N–H and O–H groups in total. The summed E-state index contributed by atoms with van der Waals surface area (Å²) in [6.07, 6.45) is 1.04. The van der Waals surface area contributed by atoms with Crippen LogP contribution in [0.25, 0.3) is 0 Å². The molecule has 0 aromatic carbocycles. The first kappa shape index (κ1) is 9.32. The van der Waals surface area contributed by atoms with Gasteiger partial charge in [0.05, 0.1) is 0 Å². The number of nitrogens with two attached hydrogens (primary N) is 1. The number of carbonyl (C=O) groups is 1. The van der Waals surface area contributed by atoms with Gasteiger partial charge >= 0.3 is 6.03 Å². The molecule has 1 aliphatic heterocycles. The molecule has 0 saturated carbocycles. The predicted octanol–water partition coefficient (Wildman–Crippen LogP) is 0.0895. The van der Waals surface area contributed by atoms with Crippen LogP contribution < -0.4 is 5.73 Å². The van der Waals surface area contributed by atoms with Gasteiger partial charge in [0.25, 0.3) is 0 Å². The second kappa shape index (κ2) is 3.31. The molecule has 0 aromatic rings. The van der Waals surface area contributed by atoms with Crippen molar-refractivity contribution in [2.75, 3.05) is 20.6 Å². The number of hydrogen-bond acceptors (Lipinski definition) is 2. The summed E-state index contributed by atoms with van der Waals surface area (Å²) in [4.78, 5) is 14.9. The summed E-state index contributed by atoms with van der Waals surface area (Å²) in [5, 5.41) is 0. The first-order valence-electron chi connectivity index (χ1n) is 4.27. The van der Waals surface area contributed by atoms with Crippen molar-refractivity contribution in [1.82, 2.24) is 9.80 Å². The zero-order valence-corrected chi connectivity index (χ0v) is 7.95. The van der Waals surface area contributed by atoms with Crippen LogP contribution in [0.5, 0.6) is 0 Å². The van der Waals surface area contributed by atoms with Crippen LogP contribution in [0.1, 0.15) is 13.3 Å². The lowest BCUT2D eigenvalue weighted by Gasteiger charge is -2.44. The first-order valence-corrected chi connectivity index (χ1v) is 4.27. The standard InChI is InChI=1S/C8H17N3O/c1-6(9)7-4-5-11(7)8(12)10(2)3/h6-7H,4-5,9H2,1-3H3. The molecule has 70 valence electrons. The Bertz CT molecular complexity index is 179. The van der Waals surface area contributed by atoms with Crippen molar-refractivity contribution in [3.63, 3.8) is 0 Å². The van der Waals surface area contributed by atoms with Gasteiger partial charge in [0.2, 0.25) is 0 Å². The van der Waals surface area contributed by atoms with Gasteiger partial charge < -0.3 is 15.5 Å². The Hall–Kier alpha value is -0.770. The minimum Gasteiger partial charge on any atom is -0.331 e. The molecule has 1 aliphatic rings. The van der Waals surface area contributed by atoms with Crippen LogP contribution in [0.3, 0.4) is 0 Å². The largest absolute Gasteiger partial charge is 0.331 e. The van der Waals surface area contributed by atoms with Crippen molar-refractivity contribution in [3.8, 4) is 0 Å². The molecule has 1 heterocycles. The number of urea groups is 1. The summed E-state index contributed by atoms with van der Waals surface area (Å²) in [7, 11) is 3.53. The molecule has 2 atom stereocenters. The Labute approximate surface area is 73.3 Å². The van der Waals surface area contributed by atoms with Crippen molar-refractivity contribution >= 4 is 6.03 Å². The van der Waals surface area contributed by atoms with Crippen molar-refractivity contribution < 1.29 is 4.79 Å². The second-order valence-corrected chi connectivity index (χ2v) is 3.59. The van der Waals surface area contributed by atoms with Gasteiger partial charge in [-0.2, -0.15) is 0 Å². The van der Waals surface area contributed by atoms with Crippen LogP contribution in [-0.2, 0) is 0 Å². The summed E-state index contributed by atoms with van der Waals surface area (Å²) >= 11 is 0. The highest BCUT2D eigenvalue weighted by Crippen LogP contribution is 2.20. The first-order chi connectivity index (χ1) is 5.54. The highest BCUT2D eigenvalue weighted by molar-refractivity contribution is 5.75. The van der Waals surface area contributed by atoms with E-state index < -0.39 is 0 Å². The molecule has 4 nitrogen and oxygen atoms in total. The molecule has 0 bridgehead atoms. The van der Waals surface area contributed by atoms with Crippen molar-refractivity contribution in [2.24, 2.45) is 5.73 Å². The van der Waals surface area contributed by atoms with Crippen molar-refractivity contribution in [2.45, 2.75) is 25.4 Å². The van der Waals surface area contributed by atoms with Gasteiger partial charge in [-0.1, -0.05) is 0 Å². The van der Waals surface area contributed by atoms with Crippen LogP contribution >= 0.6 is 0 Å². The summed E-state index contributed by atoms with van der Waals surface area (Å²) in [5.74, 6) is 0. The summed E-state index contributed by atoms with van der Waals surface area (Å²) in [6, 6.07) is 0.408. The van der Waals surface area contributed by atoms with Gasteiger partial charge in [-0.15, -0.1) is 0 Å². The lowest BCUT2D eigenvalue weighted by atomic mass is 9.97.